The largest absolute Gasteiger partial charge is 0.467 e. The van der Waals surface area contributed by atoms with Gasteiger partial charge in [0.25, 0.3) is 0 Å². The third-order valence-corrected chi connectivity index (χ3v) is 3.86. The predicted octanol–water partition coefficient (Wildman–Crippen LogP) is 1.36. The molecule has 17 heavy (non-hydrogen) atoms. The zero-order chi connectivity index (χ0) is 12.4. The molecule has 4 heteroatoms. The molecule has 1 aliphatic carbocycles. The zero-order valence-electron chi connectivity index (χ0n) is 10.4. The Morgan fingerprint density at radius 2 is 2.35 bits per heavy atom. The fourth-order valence-corrected chi connectivity index (χ4v) is 2.85. The van der Waals surface area contributed by atoms with E-state index in [-0.39, 0.29) is 17.9 Å². The van der Waals surface area contributed by atoms with Crippen molar-refractivity contribution in [3.8, 4) is 0 Å². The Morgan fingerprint density at radius 1 is 1.59 bits per heavy atom. The minimum absolute atomic E-state index is 0.0553. The first-order chi connectivity index (χ1) is 8.19. The summed E-state index contributed by atoms with van der Waals surface area (Å²) in [5, 5.41) is 0. The minimum Gasteiger partial charge on any atom is -0.467 e. The van der Waals surface area contributed by atoms with E-state index in [4.69, 9.17) is 4.74 Å². The molecule has 3 unspecified atom stereocenters. The summed E-state index contributed by atoms with van der Waals surface area (Å²) < 4.78 is 4.82. The van der Waals surface area contributed by atoms with Gasteiger partial charge in [-0.05, 0) is 25.2 Å². The van der Waals surface area contributed by atoms with Gasteiger partial charge in [-0.25, -0.2) is 4.79 Å². The highest BCUT2D eigenvalue weighted by Gasteiger charge is 2.38. The van der Waals surface area contributed by atoms with Gasteiger partial charge in [0.05, 0.1) is 13.0 Å². The number of carbonyl (C=O) groups is 2. The Bertz CT molecular complexity index is 351. The zero-order valence-corrected chi connectivity index (χ0v) is 10.4. The number of aldehydes is 1. The van der Waals surface area contributed by atoms with Gasteiger partial charge in [-0.15, -0.1) is 0 Å². The average molecular weight is 237 g/mol. The lowest BCUT2D eigenvalue weighted by Crippen LogP contribution is -2.38. The molecule has 94 valence electrons. The Morgan fingerprint density at radius 3 is 3.00 bits per heavy atom. The Kier molecular flexibility index (Phi) is 3.50. The molecule has 2 rings (SSSR count). The predicted molar refractivity (Wildman–Crippen MR) is 63.2 cm³/mol. The van der Waals surface area contributed by atoms with Gasteiger partial charge in [0.15, 0.2) is 0 Å². The topological polar surface area (TPSA) is 46.6 Å². The third kappa shape index (κ3) is 2.08. The molecule has 0 aromatic rings. The number of ether oxygens (including phenoxy) is 1. The molecular weight excluding hydrogens is 218 g/mol. The summed E-state index contributed by atoms with van der Waals surface area (Å²) in [4.78, 5) is 24.9. The van der Waals surface area contributed by atoms with Crippen molar-refractivity contribution in [1.29, 1.82) is 0 Å². The van der Waals surface area contributed by atoms with Crippen molar-refractivity contribution in [2.45, 2.75) is 32.2 Å². The lowest BCUT2D eigenvalue weighted by atomic mass is 9.96. The monoisotopic (exact) mass is 237 g/mol. The van der Waals surface area contributed by atoms with Crippen LogP contribution in [0.4, 0.5) is 0 Å². The van der Waals surface area contributed by atoms with Crippen molar-refractivity contribution in [2.75, 3.05) is 13.7 Å². The molecule has 0 radical (unpaired) electrons. The van der Waals surface area contributed by atoms with Gasteiger partial charge in [0.1, 0.15) is 12.3 Å². The Balaban J connectivity index is 2.16. The maximum absolute atomic E-state index is 11.7. The fraction of sp³-hybridized carbons (Fsp3) is 0.692. The molecule has 0 amide bonds. The second kappa shape index (κ2) is 4.90. The average Bonchev–Trinajstić information content (AvgIpc) is 2.93. The molecule has 0 N–H and O–H groups in total. The standard InChI is InChI=1S/C13H19NO3/c1-9-5-6-11(10(9)8-15)14-7-3-4-12(14)13(16)17-2/h6,8-10,12H,3-5,7H2,1-2H3. The molecule has 0 saturated carbocycles. The summed E-state index contributed by atoms with van der Waals surface area (Å²) in [6.45, 7) is 2.93. The highest BCUT2D eigenvalue weighted by molar-refractivity contribution is 5.76. The van der Waals surface area contributed by atoms with Gasteiger partial charge < -0.3 is 14.4 Å². The molecule has 3 atom stereocenters. The molecule has 1 aliphatic heterocycles. The summed E-state index contributed by atoms with van der Waals surface area (Å²) >= 11 is 0. The molecular formula is C13H19NO3. The van der Waals surface area contributed by atoms with E-state index in [1.54, 1.807) is 0 Å². The number of allylic oxidation sites excluding steroid dienone is 2. The summed E-state index contributed by atoms with van der Waals surface area (Å²) in [6.07, 6.45) is 5.84. The number of carbonyl (C=O) groups excluding carboxylic acids is 2. The molecule has 2 aliphatic rings. The van der Waals surface area contributed by atoms with Gasteiger partial charge in [-0.3, -0.25) is 0 Å². The summed E-state index contributed by atoms with van der Waals surface area (Å²) in [5.41, 5.74) is 1.03. The van der Waals surface area contributed by atoms with Crippen molar-refractivity contribution in [1.82, 2.24) is 4.90 Å². The van der Waals surface area contributed by atoms with Crippen LogP contribution in [-0.4, -0.2) is 36.9 Å². The molecule has 0 bridgehead atoms. The number of esters is 1. The molecule has 0 aromatic heterocycles. The molecule has 0 spiro atoms. The number of nitrogens with zero attached hydrogens (tertiary/aromatic N) is 1. The Labute approximate surface area is 102 Å². The SMILES string of the molecule is COC(=O)C1CCCN1C1=CCC(C)C1C=O. The first-order valence-corrected chi connectivity index (χ1v) is 6.19. The van der Waals surface area contributed by atoms with Crippen molar-refractivity contribution < 1.29 is 14.3 Å². The molecule has 1 saturated heterocycles. The smallest absolute Gasteiger partial charge is 0.328 e. The van der Waals surface area contributed by atoms with Crippen LogP contribution in [0.15, 0.2) is 11.8 Å². The molecule has 4 nitrogen and oxygen atoms in total. The number of methoxy groups -OCH3 is 1. The lowest BCUT2D eigenvalue weighted by Gasteiger charge is -2.29. The second-order valence-corrected chi connectivity index (χ2v) is 4.88. The van der Waals surface area contributed by atoms with E-state index in [2.05, 4.69) is 17.9 Å². The van der Waals surface area contributed by atoms with Crippen LogP contribution in [0.1, 0.15) is 26.2 Å². The molecule has 0 aromatic carbocycles. The number of rotatable bonds is 3. The first kappa shape index (κ1) is 12.1. The van der Waals surface area contributed by atoms with Crippen molar-refractivity contribution in [3.63, 3.8) is 0 Å². The molecule has 1 fully saturated rings. The van der Waals surface area contributed by atoms with Crippen molar-refractivity contribution >= 4 is 12.3 Å². The summed E-state index contributed by atoms with van der Waals surface area (Å²) in [6, 6.07) is -0.195. The van der Waals surface area contributed by atoms with Crippen LogP contribution in [0.25, 0.3) is 0 Å². The van der Waals surface area contributed by atoms with Gasteiger partial charge in [-0.1, -0.05) is 13.0 Å². The summed E-state index contributed by atoms with van der Waals surface area (Å²) in [5.74, 6) is 0.106. The van der Waals surface area contributed by atoms with E-state index in [9.17, 15) is 9.59 Å². The highest BCUT2D eigenvalue weighted by atomic mass is 16.5. The highest BCUT2D eigenvalue weighted by Crippen LogP contribution is 2.36. The Hall–Kier alpha value is -1.32. The second-order valence-electron chi connectivity index (χ2n) is 4.88. The number of hydrogen-bond donors (Lipinski definition) is 0. The van der Waals surface area contributed by atoms with Crippen LogP contribution in [0.2, 0.25) is 0 Å². The number of likely N-dealkylation sites (tertiary alicyclic amines) is 1. The van der Waals surface area contributed by atoms with Gasteiger partial charge in [0, 0.05) is 12.2 Å². The lowest BCUT2D eigenvalue weighted by molar-refractivity contribution is -0.145. The maximum atomic E-state index is 11.7. The van der Waals surface area contributed by atoms with Gasteiger partial charge >= 0.3 is 5.97 Å². The van der Waals surface area contributed by atoms with E-state index in [0.717, 1.165) is 37.8 Å². The van der Waals surface area contributed by atoms with Gasteiger partial charge in [-0.2, -0.15) is 0 Å². The normalized spacial score (nSPS) is 32.5. The van der Waals surface area contributed by atoms with E-state index in [1.807, 2.05) is 0 Å². The number of hydrogen-bond acceptors (Lipinski definition) is 4. The van der Waals surface area contributed by atoms with Crippen molar-refractivity contribution in [2.24, 2.45) is 11.8 Å². The minimum atomic E-state index is -0.195. The van der Waals surface area contributed by atoms with Crippen LogP contribution in [-0.2, 0) is 14.3 Å². The third-order valence-electron chi connectivity index (χ3n) is 3.86. The van der Waals surface area contributed by atoms with Crippen molar-refractivity contribution in [3.05, 3.63) is 11.8 Å². The van der Waals surface area contributed by atoms with Crippen LogP contribution in [0.5, 0.6) is 0 Å². The van der Waals surface area contributed by atoms with Gasteiger partial charge in [0.2, 0.25) is 0 Å². The van der Waals surface area contributed by atoms with Crippen LogP contribution in [0.3, 0.4) is 0 Å². The van der Waals surface area contributed by atoms with E-state index in [0.29, 0.717) is 5.92 Å². The van der Waals surface area contributed by atoms with Crippen LogP contribution >= 0.6 is 0 Å². The first-order valence-electron chi connectivity index (χ1n) is 6.19. The maximum Gasteiger partial charge on any atom is 0.328 e. The van der Waals surface area contributed by atoms with E-state index >= 15 is 0 Å². The van der Waals surface area contributed by atoms with Crippen LogP contribution in [0, 0.1) is 11.8 Å². The molecule has 1 heterocycles. The van der Waals surface area contributed by atoms with E-state index in [1.165, 1.54) is 7.11 Å². The summed E-state index contributed by atoms with van der Waals surface area (Å²) in [7, 11) is 1.42. The van der Waals surface area contributed by atoms with E-state index < -0.39 is 0 Å². The quantitative estimate of drug-likeness (QED) is 0.549. The fourth-order valence-electron chi connectivity index (χ4n) is 2.85. The van der Waals surface area contributed by atoms with Crippen LogP contribution < -0.4 is 0 Å².